The minimum absolute atomic E-state index is 0.0436. The Hall–Kier alpha value is -1.34. The predicted molar refractivity (Wildman–Crippen MR) is 101 cm³/mol. The third-order valence-corrected chi connectivity index (χ3v) is 6.76. The number of nitrogens with one attached hydrogen (secondary N) is 1. The lowest BCUT2D eigenvalue weighted by Gasteiger charge is -2.17. The van der Waals surface area contributed by atoms with Crippen LogP contribution in [0.4, 0.5) is 0 Å². The van der Waals surface area contributed by atoms with E-state index in [0.29, 0.717) is 5.56 Å². The number of hydrogen-bond acceptors (Lipinski definition) is 4. The zero-order chi connectivity index (χ0) is 17.9. The van der Waals surface area contributed by atoms with Gasteiger partial charge in [0.15, 0.2) is 0 Å². The number of aliphatic hydroxyl groups is 1. The number of aryl methyl sites for hydroxylation is 2. The molecule has 6 heteroatoms. The van der Waals surface area contributed by atoms with Gasteiger partial charge < -0.3 is 5.11 Å². The lowest BCUT2D eigenvalue weighted by Crippen LogP contribution is -2.28. The molecule has 0 saturated heterocycles. The molecular formula is C19H23NO3S2. The average molecular weight is 378 g/mol. The number of benzene rings is 2. The summed E-state index contributed by atoms with van der Waals surface area (Å²) in [6.07, 6.45) is 5.34. The summed E-state index contributed by atoms with van der Waals surface area (Å²) < 4.78 is 27.6. The highest BCUT2D eigenvalue weighted by Crippen LogP contribution is 2.24. The molecule has 0 bridgehead atoms. The van der Waals surface area contributed by atoms with Crippen molar-refractivity contribution < 1.29 is 13.5 Å². The molecule has 1 atom stereocenters. The summed E-state index contributed by atoms with van der Waals surface area (Å²) in [5.41, 5.74) is 3.08. The molecule has 1 aliphatic rings. The van der Waals surface area contributed by atoms with Gasteiger partial charge in [-0.2, -0.15) is 0 Å². The average Bonchev–Trinajstić information content (AvgIpc) is 2.66. The van der Waals surface area contributed by atoms with E-state index in [4.69, 9.17) is 0 Å². The highest BCUT2D eigenvalue weighted by Gasteiger charge is 2.19. The second kappa shape index (κ2) is 7.91. The normalized spacial score (nSPS) is 15.6. The van der Waals surface area contributed by atoms with Crippen LogP contribution in [0, 0.1) is 0 Å². The van der Waals surface area contributed by atoms with Crippen LogP contribution in [0.25, 0.3) is 0 Å². The molecule has 1 aliphatic carbocycles. The van der Waals surface area contributed by atoms with Gasteiger partial charge in [0, 0.05) is 11.4 Å². The first kappa shape index (κ1) is 18.5. The smallest absolute Gasteiger partial charge is 0.240 e. The van der Waals surface area contributed by atoms with E-state index in [2.05, 4.69) is 4.72 Å². The molecule has 0 saturated carbocycles. The molecule has 0 aliphatic heterocycles. The molecule has 4 nitrogen and oxygen atoms in total. The summed E-state index contributed by atoms with van der Waals surface area (Å²) in [5.74, 6) is 0. The van der Waals surface area contributed by atoms with E-state index < -0.39 is 16.1 Å². The van der Waals surface area contributed by atoms with Crippen molar-refractivity contribution in [2.24, 2.45) is 0 Å². The first-order valence-electron chi connectivity index (χ1n) is 8.43. The molecule has 25 heavy (non-hydrogen) atoms. The van der Waals surface area contributed by atoms with Crippen LogP contribution in [-0.2, 0) is 22.9 Å². The molecule has 2 aromatic carbocycles. The van der Waals surface area contributed by atoms with E-state index in [0.717, 1.165) is 29.7 Å². The quantitative estimate of drug-likeness (QED) is 0.758. The number of rotatable bonds is 6. The van der Waals surface area contributed by atoms with Crippen LogP contribution in [0.1, 0.15) is 35.6 Å². The Labute approximate surface area is 153 Å². The Morgan fingerprint density at radius 2 is 1.76 bits per heavy atom. The van der Waals surface area contributed by atoms with Crippen molar-refractivity contribution in [1.29, 1.82) is 0 Å². The predicted octanol–water partition coefficient (Wildman–Crippen LogP) is 3.30. The summed E-state index contributed by atoms with van der Waals surface area (Å²) in [5, 5.41) is 10.3. The van der Waals surface area contributed by atoms with Gasteiger partial charge in [0.2, 0.25) is 10.0 Å². The lowest BCUT2D eigenvalue weighted by molar-refractivity contribution is 0.182. The Balaban J connectivity index is 1.68. The van der Waals surface area contributed by atoms with Crippen LogP contribution >= 0.6 is 11.8 Å². The maximum atomic E-state index is 12.5. The molecule has 0 fully saturated rings. The molecule has 0 aromatic heterocycles. The summed E-state index contributed by atoms with van der Waals surface area (Å²) in [6, 6.07) is 12.8. The van der Waals surface area contributed by atoms with E-state index >= 15 is 0 Å². The van der Waals surface area contributed by atoms with Gasteiger partial charge in [0.25, 0.3) is 0 Å². The van der Waals surface area contributed by atoms with Gasteiger partial charge in [0.05, 0.1) is 11.0 Å². The Morgan fingerprint density at radius 1 is 1.08 bits per heavy atom. The fourth-order valence-electron chi connectivity index (χ4n) is 3.09. The largest absolute Gasteiger partial charge is 0.387 e. The van der Waals surface area contributed by atoms with Crippen LogP contribution in [-0.4, -0.2) is 26.3 Å². The van der Waals surface area contributed by atoms with Crippen LogP contribution in [0.15, 0.2) is 52.3 Å². The number of hydrogen-bond donors (Lipinski definition) is 2. The topological polar surface area (TPSA) is 66.4 Å². The standard InChI is InChI=1S/C19H23NO3S2/c1-24-17-9-6-15(7-10-17)19(21)13-20-25(22,23)18-11-8-14-4-2-3-5-16(14)12-18/h6-12,19-21H,2-5,13H2,1H3. The number of aliphatic hydroxyl groups excluding tert-OH is 1. The summed E-state index contributed by atoms with van der Waals surface area (Å²) in [4.78, 5) is 1.38. The number of thioether (sulfide) groups is 1. The van der Waals surface area contributed by atoms with Gasteiger partial charge in [0.1, 0.15) is 0 Å². The van der Waals surface area contributed by atoms with E-state index in [9.17, 15) is 13.5 Å². The van der Waals surface area contributed by atoms with E-state index in [1.165, 1.54) is 12.0 Å². The lowest BCUT2D eigenvalue weighted by atomic mass is 9.92. The zero-order valence-electron chi connectivity index (χ0n) is 14.2. The van der Waals surface area contributed by atoms with Gasteiger partial charge in [-0.15, -0.1) is 11.8 Å². The van der Waals surface area contributed by atoms with Crippen molar-refractivity contribution in [3.63, 3.8) is 0 Å². The molecule has 0 radical (unpaired) electrons. The molecular weight excluding hydrogens is 354 g/mol. The van der Waals surface area contributed by atoms with Crippen LogP contribution in [0.5, 0.6) is 0 Å². The molecule has 2 aromatic rings. The van der Waals surface area contributed by atoms with Crippen molar-refractivity contribution in [3.05, 3.63) is 59.2 Å². The first-order valence-corrected chi connectivity index (χ1v) is 11.1. The van der Waals surface area contributed by atoms with Gasteiger partial charge >= 0.3 is 0 Å². The van der Waals surface area contributed by atoms with Crippen molar-refractivity contribution >= 4 is 21.8 Å². The monoisotopic (exact) mass is 377 g/mol. The number of sulfonamides is 1. The SMILES string of the molecule is CSc1ccc(C(O)CNS(=O)(=O)c2ccc3c(c2)CCCC3)cc1. The molecule has 0 amide bonds. The van der Waals surface area contributed by atoms with Gasteiger partial charge in [-0.3, -0.25) is 0 Å². The summed E-state index contributed by atoms with van der Waals surface area (Å²) in [7, 11) is -3.62. The molecule has 134 valence electrons. The van der Waals surface area contributed by atoms with Crippen molar-refractivity contribution in [2.75, 3.05) is 12.8 Å². The second-order valence-corrected chi connectivity index (χ2v) is 8.93. The van der Waals surface area contributed by atoms with Gasteiger partial charge in [-0.05, 0) is 72.9 Å². The van der Waals surface area contributed by atoms with Crippen molar-refractivity contribution in [3.8, 4) is 0 Å². The maximum absolute atomic E-state index is 12.5. The number of fused-ring (bicyclic) bond motifs is 1. The first-order chi connectivity index (χ1) is 12.0. The third kappa shape index (κ3) is 4.44. The molecule has 0 spiro atoms. The maximum Gasteiger partial charge on any atom is 0.240 e. The minimum atomic E-state index is -3.62. The Bertz CT molecular complexity index is 832. The van der Waals surface area contributed by atoms with Crippen LogP contribution in [0.3, 0.4) is 0 Å². The molecule has 1 unspecified atom stereocenters. The zero-order valence-corrected chi connectivity index (χ0v) is 15.9. The van der Waals surface area contributed by atoms with Crippen molar-refractivity contribution in [1.82, 2.24) is 4.72 Å². The van der Waals surface area contributed by atoms with E-state index in [1.807, 2.05) is 36.6 Å². The highest BCUT2D eigenvalue weighted by molar-refractivity contribution is 7.98. The van der Waals surface area contributed by atoms with E-state index in [1.54, 1.807) is 23.9 Å². The summed E-state index contributed by atoms with van der Waals surface area (Å²) in [6.45, 7) is -0.0436. The minimum Gasteiger partial charge on any atom is -0.387 e. The molecule has 2 N–H and O–H groups in total. The fraction of sp³-hybridized carbons (Fsp3) is 0.368. The highest BCUT2D eigenvalue weighted by atomic mass is 32.2. The van der Waals surface area contributed by atoms with Gasteiger partial charge in [-0.25, -0.2) is 13.1 Å². The third-order valence-electron chi connectivity index (χ3n) is 4.60. The fourth-order valence-corrected chi connectivity index (χ4v) is 4.59. The second-order valence-electron chi connectivity index (χ2n) is 6.28. The molecule has 3 rings (SSSR count). The van der Waals surface area contributed by atoms with Crippen LogP contribution in [0.2, 0.25) is 0 Å². The Kier molecular flexibility index (Phi) is 5.84. The van der Waals surface area contributed by atoms with Gasteiger partial charge in [-0.1, -0.05) is 18.2 Å². The van der Waals surface area contributed by atoms with Crippen LogP contribution < -0.4 is 4.72 Å². The Morgan fingerprint density at radius 3 is 2.44 bits per heavy atom. The van der Waals surface area contributed by atoms with Crippen molar-refractivity contribution in [2.45, 2.75) is 41.6 Å². The summed E-state index contributed by atoms with van der Waals surface area (Å²) >= 11 is 1.62. The molecule has 0 heterocycles. The van der Waals surface area contributed by atoms with E-state index in [-0.39, 0.29) is 11.4 Å².